The van der Waals surface area contributed by atoms with Gasteiger partial charge in [-0.1, -0.05) is 68.9 Å². The zero-order chi connectivity index (χ0) is 64.7. The van der Waals surface area contributed by atoms with Crippen LogP contribution in [0, 0.1) is 31.9 Å². The van der Waals surface area contributed by atoms with Crippen molar-refractivity contribution in [3.63, 3.8) is 0 Å². The van der Waals surface area contributed by atoms with Crippen molar-refractivity contribution in [3.8, 4) is 0 Å². The van der Waals surface area contributed by atoms with Crippen molar-refractivity contribution < 1.29 is 9.47 Å². The van der Waals surface area contributed by atoms with E-state index < -0.39 is 16.1 Å². The molecule has 0 fully saturated rings. The van der Waals surface area contributed by atoms with Crippen LogP contribution in [0.3, 0.4) is 0 Å². The minimum Gasteiger partial charge on any atom is -0.364 e. The number of aromatic nitrogens is 14. The Labute approximate surface area is 629 Å². The molecule has 0 radical (unpaired) electrons. The van der Waals surface area contributed by atoms with Crippen molar-refractivity contribution in [2.75, 3.05) is 26.7 Å². The monoisotopic (exact) mass is 2040 g/mol. The summed E-state index contributed by atoms with van der Waals surface area (Å²) in [5.41, 5.74) is 4.60. The van der Waals surface area contributed by atoms with Gasteiger partial charge in [0.1, 0.15) is 45.7 Å². The first-order valence-electron chi connectivity index (χ1n) is 25.2. The zero-order valence-corrected chi connectivity index (χ0v) is 71.7. The highest BCUT2D eigenvalue weighted by Gasteiger charge is 2.20. The molecule has 0 bridgehead atoms. The average Bonchev–Trinajstić information content (AvgIpc) is 4.39. The number of thiazole rings is 6. The van der Waals surface area contributed by atoms with Crippen LogP contribution >= 0.6 is 227 Å². The molecule has 0 atom stereocenters. The van der Waals surface area contributed by atoms with E-state index in [1.165, 1.54) is 26.3 Å². The van der Waals surface area contributed by atoms with E-state index >= 15 is 0 Å². The first-order valence-corrected chi connectivity index (χ1v) is 46.4. The van der Waals surface area contributed by atoms with E-state index in [0.29, 0.717) is 13.5 Å². The fourth-order valence-electron chi connectivity index (χ4n) is 4.82. The Balaban J connectivity index is 0.000000477. The first-order chi connectivity index (χ1) is 41.5. The van der Waals surface area contributed by atoms with Gasteiger partial charge < -0.3 is 28.6 Å². The van der Waals surface area contributed by atoms with E-state index in [2.05, 4.69) is 258 Å². The lowest BCUT2D eigenvalue weighted by Gasteiger charge is -2.09. The summed E-state index contributed by atoms with van der Waals surface area (Å²) in [7, 11) is 1.14. The maximum Gasteiger partial charge on any atom is 0.149 e. The van der Waals surface area contributed by atoms with E-state index in [9.17, 15) is 0 Å². The number of nitrogens with zero attached hydrogens (tertiary/aromatic N) is 14. The number of nitrogens with one attached hydrogen (secondary N) is 2. The average molecular weight is 2040 g/mol. The molecular weight excluding hydrogens is 1970 g/mol. The van der Waals surface area contributed by atoms with Gasteiger partial charge in [-0.15, -0.1) is 68.0 Å². The molecule has 0 aliphatic carbocycles. The number of thioether (sulfide) groups is 2. The van der Waals surface area contributed by atoms with Crippen LogP contribution in [-0.2, 0) is 22.9 Å². The molecule has 0 unspecified atom stereocenters. The van der Waals surface area contributed by atoms with Crippen LogP contribution < -0.4 is 9.26 Å². The Morgan fingerprint density at radius 3 is 1.37 bits per heavy atom. The molecule has 2 N–H and O–H groups in total. The number of ether oxygens (including phenoxy) is 2. The number of aliphatic imine (C=N–C) groups is 2. The lowest BCUT2D eigenvalue weighted by Crippen LogP contribution is -2.36. The van der Waals surface area contributed by atoms with E-state index in [4.69, 9.17) is 9.47 Å². The van der Waals surface area contributed by atoms with Gasteiger partial charge in [0.05, 0.1) is 74.8 Å². The smallest absolute Gasteiger partial charge is 0.149 e. The lowest BCUT2D eigenvalue weighted by atomic mass is 10.5. The summed E-state index contributed by atoms with van der Waals surface area (Å²) in [4.78, 5) is 56.2. The van der Waals surface area contributed by atoms with E-state index in [-0.39, 0.29) is 0 Å². The van der Waals surface area contributed by atoms with Crippen molar-refractivity contribution >= 4 is 262 Å². The van der Waals surface area contributed by atoms with Crippen molar-refractivity contribution in [2.24, 2.45) is 9.98 Å². The molecule has 0 spiro atoms. The second-order valence-corrected chi connectivity index (χ2v) is 43.6. The minimum absolute atomic E-state index is 0.579. The van der Waals surface area contributed by atoms with E-state index in [1.54, 1.807) is 162 Å². The summed E-state index contributed by atoms with van der Waals surface area (Å²) in [6, 6.07) is 0. The van der Waals surface area contributed by atoms with Crippen molar-refractivity contribution in [1.82, 2.24) is 68.9 Å². The number of hydrogen-bond acceptors (Lipinski definition) is 22. The quantitative estimate of drug-likeness (QED) is 0.0627. The third-order valence-corrected chi connectivity index (χ3v) is 26.9. The van der Waals surface area contributed by atoms with Gasteiger partial charge in [0.15, 0.2) is 0 Å². The summed E-state index contributed by atoms with van der Waals surface area (Å²) in [5.74, 6) is 0. The van der Waals surface area contributed by atoms with Gasteiger partial charge >= 0.3 is 0 Å². The van der Waals surface area contributed by atoms with Gasteiger partial charge in [0.25, 0.3) is 0 Å². The SMILES string of the molecule is C1=CN=CC1.COCn1cnc(C)c1.COCn1cnc(I)c1.CSc1ncc(C)s1.CSc1nccs1.C[Si](C)(C)c1nccs1.Cc1cnc([Si](C)(C)C)s1.IC1=NC(I)=C(I)C1.Ic1cnc[nH]1.Ic1cnc[nH]1.c1cscn1.c1cscn1. The van der Waals surface area contributed by atoms with Gasteiger partial charge in [-0.05, 0) is 169 Å². The lowest BCUT2D eigenvalue weighted by molar-refractivity contribution is 0.131. The van der Waals surface area contributed by atoms with Gasteiger partial charge in [0.2, 0.25) is 0 Å². The molecular formula is C53H72I6N16O2S8Si2. The van der Waals surface area contributed by atoms with Crippen molar-refractivity contribution in [3.05, 3.63) is 166 Å². The van der Waals surface area contributed by atoms with Crippen molar-refractivity contribution in [2.45, 2.75) is 95.0 Å². The summed E-state index contributed by atoms with van der Waals surface area (Å²) in [6.07, 6.45) is 37.1. The van der Waals surface area contributed by atoms with Crippen LogP contribution in [0.1, 0.15) is 28.3 Å². The molecule has 18 nitrogen and oxygen atoms in total. The number of rotatable bonds is 8. The number of imidazole rings is 4. The van der Waals surface area contributed by atoms with Gasteiger partial charge in [-0.3, -0.25) is 24.9 Å². The maximum atomic E-state index is 4.86. The van der Waals surface area contributed by atoms with Gasteiger partial charge in [-0.2, -0.15) is 0 Å². The van der Waals surface area contributed by atoms with Crippen LogP contribution in [0.5, 0.6) is 0 Å². The zero-order valence-electron chi connectivity index (χ0n) is 50.2. The summed E-state index contributed by atoms with van der Waals surface area (Å²) < 4.78 is 25.4. The highest BCUT2D eigenvalue weighted by molar-refractivity contribution is 14.1. The summed E-state index contributed by atoms with van der Waals surface area (Å²) >= 11 is 26.9. The van der Waals surface area contributed by atoms with Crippen molar-refractivity contribution in [1.29, 1.82) is 0 Å². The van der Waals surface area contributed by atoms with Crippen LogP contribution in [0.2, 0.25) is 39.3 Å². The first kappa shape index (κ1) is 83.9. The standard InChI is InChI=1S/C7H13NSSi.C6H10N2O.C6H11NSSi.C5H7IN2O.C5H7NS2.C4H2I3N.C4H5NS2.C4H5N.2C3H3IN2.2C3H3NS/c1-6-5-8-7(9-6)10(2,3)4;1-6-3-8(4-7-6)5-9-2;1-9(2,3)6-7-4-5-8-6;1-9-4-8-2-5(6)7-3-8;1-4-3-6-5(7-2)8-4;5-2-1-3(6)8-4(2)7;1-6-4-5-2-3-7-4;1-2-4-5-3-1;2*4-3-1-5-2-6-3;2*1-2-5-3-4-1/h5H,1-4H3;3-4H,5H2,1-2H3;4-5H,1-3H3;2-3H,4H2,1H3;3H,1-2H3;1H2;2-3H,1H3;1,3-4H,2H2;2*1-2H,(H,5,6);2*1-3H. The van der Waals surface area contributed by atoms with Gasteiger partial charge in [0, 0.05) is 124 Å². The predicted octanol–water partition coefficient (Wildman–Crippen LogP) is 18.2. The predicted molar refractivity (Wildman–Crippen MR) is 434 cm³/mol. The Morgan fingerprint density at radius 2 is 1.15 bits per heavy atom. The minimum atomic E-state index is -1.11. The second-order valence-electron chi connectivity index (χ2n) is 18.1. The fourth-order valence-corrected chi connectivity index (χ4v) is 17.0. The molecule has 0 aromatic carbocycles. The molecule has 10 aromatic rings. The molecule has 2 aliphatic rings. The number of aryl methyl sites for hydroxylation is 3. The number of methoxy groups -OCH3 is 2. The van der Waals surface area contributed by atoms with Crippen LogP contribution in [0.4, 0.5) is 0 Å². The highest BCUT2D eigenvalue weighted by atomic mass is 127. The molecule has 2 aliphatic heterocycles. The van der Waals surface area contributed by atoms with Crippen LogP contribution in [-0.4, -0.2) is 122 Å². The highest BCUT2D eigenvalue weighted by Crippen LogP contribution is 2.31. The second kappa shape index (κ2) is 52.3. The van der Waals surface area contributed by atoms with E-state index in [1.807, 2.05) is 111 Å². The molecule has 0 amide bonds. The molecule has 12 heterocycles. The third-order valence-electron chi connectivity index (χ3n) is 8.52. The topological polar surface area (TPSA) is 214 Å². The summed E-state index contributed by atoms with van der Waals surface area (Å²) in [6.45, 7) is 21.2. The van der Waals surface area contributed by atoms with Crippen LogP contribution in [0.25, 0.3) is 0 Å². The normalized spacial score (nSPS) is 11.3. The van der Waals surface area contributed by atoms with Crippen LogP contribution in [0.15, 0.2) is 158 Å². The number of halogens is 6. The maximum absolute atomic E-state index is 4.86. The number of H-pyrrole nitrogens is 2. The molecule has 0 saturated carbocycles. The van der Waals surface area contributed by atoms with E-state index in [0.717, 1.165) is 42.0 Å². The molecule has 12 rings (SSSR count). The summed E-state index contributed by atoms with van der Waals surface area (Å²) in [5, 5.41) is 7.89. The molecule has 34 heteroatoms. The Kier molecular flexibility index (Phi) is 50.4. The number of allylic oxidation sites excluding steroid dienone is 2. The fraction of sp³-hybridized carbons (Fsp3) is 0.321. The molecule has 10 aromatic heterocycles. The number of aromatic amines is 2. The number of hydrogen-bond donors (Lipinski definition) is 2. The Bertz CT molecular complexity index is 3110. The largest absolute Gasteiger partial charge is 0.364 e. The molecule has 474 valence electrons. The Hall–Kier alpha value is -1.13. The Morgan fingerprint density at radius 1 is 0.598 bits per heavy atom. The molecule has 0 saturated heterocycles. The third kappa shape index (κ3) is 46.6. The van der Waals surface area contributed by atoms with Gasteiger partial charge in [-0.25, -0.2) is 34.9 Å². The molecule has 87 heavy (non-hydrogen) atoms.